The van der Waals surface area contributed by atoms with Gasteiger partial charge in [-0.3, -0.25) is 14.5 Å². The van der Waals surface area contributed by atoms with E-state index in [1.165, 1.54) is 4.90 Å². The monoisotopic (exact) mass is 322 g/mol. The Morgan fingerprint density at radius 3 is 3.11 bits per heavy atom. The first-order valence-electron chi connectivity index (χ1n) is 5.54. The molecule has 0 radical (unpaired) electrons. The smallest absolute Gasteiger partial charge is 0.265 e. The van der Waals surface area contributed by atoms with Crippen molar-refractivity contribution in [3.8, 4) is 18.1 Å². The molecule has 1 aliphatic heterocycles. The van der Waals surface area contributed by atoms with Crippen LogP contribution in [-0.2, 0) is 9.59 Å². The maximum Gasteiger partial charge on any atom is 0.265 e. The zero-order valence-corrected chi connectivity index (χ0v) is 11.6. The van der Waals surface area contributed by atoms with Gasteiger partial charge in [0.1, 0.15) is 12.3 Å². The lowest BCUT2D eigenvalue weighted by Crippen LogP contribution is -2.45. The van der Waals surface area contributed by atoms with Crippen LogP contribution < -0.4 is 15.0 Å². The average molecular weight is 323 g/mol. The first-order valence-corrected chi connectivity index (χ1v) is 6.34. The Balaban J connectivity index is 2.21. The summed E-state index contributed by atoms with van der Waals surface area (Å²) in [4.78, 5) is 24.9. The van der Waals surface area contributed by atoms with Gasteiger partial charge in [0, 0.05) is 4.47 Å². The summed E-state index contributed by atoms with van der Waals surface area (Å²) in [5.41, 5.74) is 0.571. The van der Waals surface area contributed by atoms with Crippen LogP contribution in [0.15, 0.2) is 22.7 Å². The highest BCUT2D eigenvalue weighted by Gasteiger charge is 2.27. The number of rotatable bonds is 3. The molecule has 0 spiro atoms. The van der Waals surface area contributed by atoms with Crippen molar-refractivity contribution in [2.45, 2.75) is 0 Å². The number of ether oxygens (including phenoxy) is 1. The van der Waals surface area contributed by atoms with Crippen molar-refractivity contribution in [2.24, 2.45) is 0 Å². The van der Waals surface area contributed by atoms with E-state index in [1.54, 1.807) is 12.1 Å². The molecule has 2 rings (SSSR count). The number of hydrogen-bond acceptors (Lipinski definition) is 3. The van der Waals surface area contributed by atoms with Gasteiger partial charge in [0.05, 0.1) is 12.2 Å². The van der Waals surface area contributed by atoms with Crippen molar-refractivity contribution in [3.05, 3.63) is 22.7 Å². The minimum Gasteiger partial charge on any atom is -0.482 e. The Labute approximate surface area is 119 Å². The lowest BCUT2D eigenvalue weighted by atomic mass is 10.2. The van der Waals surface area contributed by atoms with Crippen molar-refractivity contribution >= 4 is 33.4 Å². The van der Waals surface area contributed by atoms with E-state index < -0.39 is 0 Å². The first kappa shape index (κ1) is 13.4. The fourth-order valence-corrected chi connectivity index (χ4v) is 2.05. The highest BCUT2D eigenvalue weighted by atomic mass is 79.9. The van der Waals surface area contributed by atoms with Crippen LogP contribution in [-0.4, -0.2) is 31.5 Å². The van der Waals surface area contributed by atoms with Crippen LogP contribution in [0.5, 0.6) is 5.75 Å². The largest absolute Gasteiger partial charge is 0.482 e. The van der Waals surface area contributed by atoms with Crippen molar-refractivity contribution < 1.29 is 14.3 Å². The molecule has 5 nitrogen and oxygen atoms in total. The number of benzene rings is 1. The lowest BCUT2D eigenvalue weighted by Gasteiger charge is -2.28. The SMILES string of the molecule is C#CCNC(=O)CN1C(=O)COc2ccc(Br)cc21. The first-order chi connectivity index (χ1) is 9.11. The Morgan fingerprint density at radius 1 is 1.58 bits per heavy atom. The van der Waals surface area contributed by atoms with Crippen LogP contribution >= 0.6 is 15.9 Å². The van der Waals surface area contributed by atoms with Crippen LogP contribution in [0, 0.1) is 12.3 Å². The highest BCUT2D eigenvalue weighted by molar-refractivity contribution is 9.10. The third-order valence-corrected chi connectivity index (χ3v) is 3.05. The summed E-state index contributed by atoms with van der Waals surface area (Å²) in [6, 6.07) is 5.30. The minimum absolute atomic E-state index is 0.0724. The molecule has 0 atom stereocenters. The molecule has 1 N–H and O–H groups in total. The molecule has 0 bridgehead atoms. The maximum atomic E-state index is 11.8. The standard InChI is InChI=1S/C13H11BrN2O3/c1-2-5-15-12(17)7-16-10-6-9(14)3-4-11(10)19-8-13(16)18/h1,3-4,6H,5,7-8H2,(H,15,17). The fourth-order valence-electron chi connectivity index (χ4n) is 1.70. The van der Waals surface area contributed by atoms with E-state index in [9.17, 15) is 9.59 Å². The number of nitrogens with zero attached hydrogens (tertiary/aromatic N) is 1. The predicted molar refractivity (Wildman–Crippen MR) is 73.8 cm³/mol. The van der Waals surface area contributed by atoms with Gasteiger partial charge in [-0.2, -0.15) is 0 Å². The third kappa shape index (κ3) is 3.06. The van der Waals surface area contributed by atoms with Gasteiger partial charge in [-0.05, 0) is 18.2 Å². The van der Waals surface area contributed by atoms with Gasteiger partial charge in [0.25, 0.3) is 5.91 Å². The molecular weight excluding hydrogens is 312 g/mol. The van der Waals surface area contributed by atoms with Crippen molar-refractivity contribution in [3.63, 3.8) is 0 Å². The summed E-state index contributed by atoms with van der Waals surface area (Å²) >= 11 is 3.33. The van der Waals surface area contributed by atoms with Gasteiger partial charge >= 0.3 is 0 Å². The normalized spacial score (nSPS) is 13.3. The number of nitrogens with one attached hydrogen (secondary N) is 1. The van der Waals surface area contributed by atoms with Crippen LogP contribution in [0.1, 0.15) is 0 Å². The van der Waals surface area contributed by atoms with E-state index >= 15 is 0 Å². The Bertz CT molecular complexity index is 565. The molecule has 1 aliphatic rings. The van der Waals surface area contributed by atoms with Crippen LogP contribution in [0.3, 0.4) is 0 Å². The number of anilines is 1. The van der Waals surface area contributed by atoms with E-state index in [1.807, 2.05) is 6.07 Å². The van der Waals surface area contributed by atoms with E-state index in [-0.39, 0.29) is 31.5 Å². The molecule has 0 saturated carbocycles. The summed E-state index contributed by atoms with van der Waals surface area (Å²) in [6.07, 6.45) is 5.06. The van der Waals surface area contributed by atoms with Crippen LogP contribution in [0.4, 0.5) is 5.69 Å². The summed E-state index contributed by atoms with van der Waals surface area (Å²) in [7, 11) is 0. The molecule has 1 aromatic rings. The number of terminal acetylenes is 1. The number of fused-ring (bicyclic) bond motifs is 1. The molecule has 1 aromatic carbocycles. The molecule has 19 heavy (non-hydrogen) atoms. The zero-order chi connectivity index (χ0) is 13.8. The number of hydrogen-bond donors (Lipinski definition) is 1. The number of carbonyl (C=O) groups is 2. The summed E-state index contributed by atoms with van der Waals surface area (Å²) in [5.74, 6) is 2.32. The summed E-state index contributed by atoms with van der Waals surface area (Å²) in [6.45, 7) is -0.00686. The van der Waals surface area contributed by atoms with Crippen molar-refractivity contribution in [1.82, 2.24) is 5.32 Å². The van der Waals surface area contributed by atoms with Crippen molar-refractivity contribution in [2.75, 3.05) is 24.6 Å². The molecular formula is C13H11BrN2O3. The van der Waals surface area contributed by atoms with Crippen LogP contribution in [0.2, 0.25) is 0 Å². The molecule has 0 aliphatic carbocycles. The minimum atomic E-state index is -0.306. The fraction of sp³-hybridized carbons (Fsp3) is 0.231. The molecule has 2 amide bonds. The zero-order valence-electron chi connectivity index (χ0n) is 9.98. The van der Waals surface area contributed by atoms with Crippen molar-refractivity contribution in [1.29, 1.82) is 0 Å². The topological polar surface area (TPSA) is 58.6 Å². The second kappa shape index (κ2) is 5.76. The van der Waals surface area contributed by atoms with E-state index in [2.05, 4.69) is 27.2 Å². The number of amides is 2. The molecule has 6 heteroatoms. The highest BCUT2D eigenvalue weighted by Crippen LogP contribution is 2.34. The van der Waals surface area contributed by atoms with E-state index in [0.29, 0.717) is 11.4 Å². The van der Waals surface area contributed by atoms with Gasteiger partial charge in [0.15, 0.2) is 6.61 Å². The molecule has 1 heterocycles. The van der Waals surface area contributed by atoms with E-state index in [4.69, 9.17) is 11.2 Å². The third-order valence-electron chi connectivity index (χ3n) is 2.55. The molecule has 0 aromatic heterocycles. The van der Waals surface area contributed by atoms with Crippen LogP contribution in [0.25, 0.3) is 0 Å². The van der Waals surface area contributed by atoms with Gasteiger partial charge in [-0.1, -0.05) is 21.9 Å². The quantitative estimate of drug-likeness (QED) is 0.842. The second-order valence-electron chi connectivity index (χ2n) is 3.86. The Morgan fingerprint density at radius 2 is 2.37 bits per heavy atom. The Hall–Kier alpha value is -2.00. The molecule has 0 saturated heterocycles. The molecule has 0 fully saturated rings. The van der Waals surface area contributed by atoms with Gasteiger partial charge in [-0.25, -0.2) is 0 Å². The van der Waals surface area contributed by atoms with Gasteiger partial charge in [0.2, 0.25) is 5.91 Å². The predicted octanol–water partition coefficient (Wildman–Crippen LogP) is 0.924. The Kier molecular flexibility index (Phi) is 4.07. The lowest BCUT2D eigenvalue weighted by molar-refractivity contribution is -0.125. The second-order valence-corrected chi connectivity index (χ2v) is 4.78. The summed E-state index contributed by atoms with van der Waals surface area (Å²) in [5, 5.41) is 2.52. The van der Waals surface area contributed by atoms with Gasteiger partial charge in [-0.15, -0.1) is 6.42 Å². The molecule has 98 valence electrons. The average Bonchev–Trinajstić information content (AvgIpc) is 2.40. The number of halogens is 1. The van der Waals surface area contributed by atoms with E-state index in [0.717, 1.165) is 4.47 Å². The van der Waals surface area contributed by atoms with Gasteiger partial charge < -0.3 is 10.1 Å². The maximum absolute atomic E-state index is 11.8. The number of carbonyl (C=O) groups excluding carboxylic acids is 2. The molecule has 0 unspecified atom stereocenters. The summed E-state index contributed by atoms with van der Waals surface area (Å²) < 4.78 is 6.11.